The predicted molar refractivity (Wildman–Crippen MR) is 161 cm³/mol. The highest BCUT2D eigenvalue weighted by Gasteiger charge is 2.28. The van der Waals surface area contributed by atoms with Crippen molar-refractivity contribution in [3.8, 4) is 0 Å². The number of hydrogen-bond donors (Lipinski definition) is 0. The summed E-state index contributed by atoms with van der Waals surface area (Å²) < 4.78 is 0. The van der Waals surface area contributed by atoms with Crippen molar-refractivity contribution in [3.63, 3.8) is 0 Å². The minimum absolute atomic E-state index is 1.36. The summed E-state index contributed by atoms with van der Waals surface area (Å²) in [5.74, 6) is 0. The average Bonchev–Trinajstić information content (AvgIpc) is 2.85. The van der Waals surface area contributed by atoms with Gasteiger partial charge < -0.3 is 0 Å². The Balaban J connectivity index is 2.81. The van der Waals surface area contributed by atoms with Crippen LogP contribution >= 0.6 is 0 Å². The number of aryl methyl sites for hydroxylation is 1. The Labute approximate surface area is 216 Å². The van der Waals surface area contributed by atoms with E-state index in [1.54, 1.807) is 0 Å². The lowest BCUT2D eigenvalue weighted by atomic mass is 10.1. The van der Waals surface area contributed by atoms with Crippen LogP contribution in [0.5, 0.6) is 0 Å². The fourth-order valence-electron chi connectivity index (χ4n) is 5.35. The molecule has 0 atom stereocenters. The van der Waals surface area contributed by atoms with Gasteiger partial charge in [0.05, 0.1) is 8.07 Å². The molecule has 0 N–H and O–H groups in total. The van der Waals surface area contributed by atoms with E-state index in [9.17, 15) is 0 Å². The Morgan fingerprint density at radius 1 is 0.500 bits per heavy atom. The van der Waals surface area contributed by atoms with Crippen molar-refractivity contribution in [3.05, 3.63) is 41.1 Å². The minimum atomic E-state index is -1.38. The number of unbranched alkanes of at least 4 members (excludes halogenated alkanes) is 15. The van der Waals surface area contributed by atoms with Gasteiger partial charge in [-0.2, -0.15) is 0 Å². The third kappa shape index (κ3) is 16.0. The van der Waals surface area contributed by atoms with Crippen molar-refractivity contribution in [2.75, 3.05) is 0 Å². The second-order valence-corrected chi connectivity index (χ2v) is 15.7. The summed E-state index contributed by atoms with van der Waals surface area (Å²) >= 11 is 0. The van der Waals surface area contributed by atoms with Crippen LogP contribution in [0.4, 0.5) is 0 Å². The second-order valence-electron chi connectivity index (χ2n) is 11.2. The van der Waals surface area contributed by atoms with Gasteiger partial charge in [-0.15, -0.1) is 0 Å². The molecular weight excluding hydrogens is 424 g/mol. The molecule has 0 spiro atoms. The Kier molecular flexibility index (Phi) is 19.7. The van der Waals surface area contributed by atoms with Gasteiger partial charge >= 0.3 is 0 Å². The van der Waals surface area contributed by atoms with Crippen molar-refractivity contribution >= 4 is 14.1 Å². The van der Waals surface area contributed by atoms with Crippen molar-refractivity contribution < 1.29 is 0 Å². The molecule has 0 aliphatic heterocycles. The summed E-state index contributed by atoms with van der Waals surface area (Å²) in [4.78, 5) is 0. The van der Waals surface area contributed by atoms with E-state index >= 15 is 0 Å². The molecule has 0 aliphatic carbocycles. The number of rotatable bonds is 23. The molecule has 0 fully saturated rings. The molecule has 0 radical (unpaired) electrons. The molecule has 0 nitrogen and oxygen atoms in total. The van der Waals surface area contributed by atoms with Crippen LogP contribution in [0.3, 0.4) is 0 Å². The molecule has 0 bridgehead atoms. The first-order valence-corrected chi connectivity index (χ1v) is 18.1. The maximum absolute atomic E-state index is 2.81. The Morgan fingerprint density at radius 2 is 0.853 bits per heavy atom. The van der Waals surface area contributed by atoms with Crippen LogP contribution in [0.25, 0.3) is 6.08 Å². The predicted octanol–water partition coefficient (Wildman–Crippen LogP) is 12.1. The monoisotopic (exact) mass is 484 g/mol. The van der Waals surface area contributed by atoms with Gasteiger partial charge in [-0.25, -0.2) is 0 Å². The van der Waals surface area contributed by atoms with Gasteiger partial charge in [-0.1, -0.05) is 196 Å². The maximum Gasteiger partial charge on any atom is 0.0778 e. The molecule has 1 heteroatoms. The Hall–Kier alpha value is -0.823. The third-order valence-electron chi connectivity index (χ3n) is 7.79. The average molecular weight is 485 g/mol. The van der Waals surface area contributed by atoms with Crippen molar-refractivity contribution in [1.82, 2.24) is 0 Å². The van der Waals surface area contributed by atoms with Crippen LogP contribution in [0.15, 0.2) is 30.0 Å². The van der Waals surface area contributed by atoms with Gasteiger partial charge in [0.15, 0.2) is 0 Å². The first kappa shape index (κ1) is 31.2. The summed E-state index contributed by atoms with van der Waals surface area (Å²) in [5.41, 5.74) is 5.59. The molecule has 1 aromatic rings. The molecule has 0 saturated heterocycles. The summed E-state index contributed by atoms with van der Waals surface area (Å²) in [6.07, 6.45) is 28.3. The molecular formula is C33H60Si. The summed E-state index contributed by atoms with van der Waals surface area (Å²) in [5, 5.41) is 0. The van der Waals surface area contributed by atoms with E-state index in [0.29, 0.717) is 0 Å². The highest BCUT2D eigenvalue weighted by molar-refractivity contribution is 6.85. The zero-order valence-electron chi connectivity index (χ0n) is 23.8. The summed E-state index contributed by atoms with van der Waals surface area (Å²) in [6.45, 7) is 9.18. The van der Waals surface area contributed by atoms with E-state index in [2.05, 4.69) is 63.7 Å². The van der Waals surface area contributed by atoms with Crippen LogP contribution in [0.2, 0.25) is 18.1 Å². The standard InChI is InChI=1S/C33H60Si/c1-5-8-11-14-17-20-28-34(29-21-18-15-12-9-6-2,30-22-19-16-13-10-7-3)31-27-33-25-23-32(4)24-26-33/h23-27,31H,5-22,28-30H2,1-4H3/b31-27+. The molecule has 1 rings (SSSR count). The van der Waals surface area contributed by atoms with Gasteiger partial charge in [-0.3, -0.25) is 0 Å². The largest absolute Gasteiger partial charge is 0.0936 e. The highest BCUT2D eigenvalue weighted by atomic mass is 28.3. The minimum Gasteiger partial charge on any atom is -0.0936 e. The molecule has 0 saturated carbocycles. The molecule has 1 aromatic carbocycles. The molecule has 196 valence electrons. The van der Waals surface area contributed by atoms with E-state index in [1.807, 2.05) is 0 Å². The fraction of sp³-hybridized carbons (Fsp3) is 0.758. The lowest BCUT2D eigenvalue weighted by Gasteiger charge is -2.29. The first-order chi connectivity index (χ1) is 16.7. The zero-order chi connectivity index (χ0) is 24.7. The van der Waals surface area contributed by atoms with Crippen LogP contribution in [0.1, 0.15) is 147 Å². The molecule has 0 unspecified atom stereocenters. The maximum atomic E-state index is 2.81. The SMILES string of the molecule is CCCCCCCC[Si](/C=C/c1ccc(C)cc1)(CCCCCCCC)CCCCCCCC. The van der Waals surface area contributed by atoms with Gasteiger partial charge in [0.2, 0.25) is 0 Å². The van der Waals surface area contributed by atoms with Crippen molar-refractivity contribution in [2.45, 2.75) is 161 Å². The lowest BCUT2D eigenvalue weighted by molar-refractivity contribution is 0.607. The van der Waals surface area contributed by atoms with Crippen LogP contribution in [0, 0.1) is 6.92 Å². The number of hydrogen-bond acceptors (Lipinski definition) is 0. The van der Waals surface area contributed by atoms with Crippen LogP contribution in [-0.4, -0.2) is 8.07 Å². The van der Waals surface area contributed by atoms with Crippen LogP contribution in [-0.2, 0) is 0 Å². The zero-order valence-corrected chi connectivity index (χ0v) is 24.8. The summed E-state index contributed by atoms with van der Waals surface area (Å²) in [6, 6.07) is 13.8. The first-order valence-electron chi connectivity index (χ1n) is 15.4. The molecule has 0 heterocycles. The van der Waals surface area contributed by atoms with E-state index < -0.39 is 8.07 Å². The molecule has 34 heavy (non-hydrogen) atoms. The van der Waals surface area contributed by atoms with Gasteiger partial charge in [0.25, 0.3) is 0 Å². The van der Waals surface area contributed by atoms with Gasteiger partial charge in [0, 0.05) is 0 Å². The molecule has 0 amide bonds. The third-order valence-corrected chi connectivity index (χ3v) is 12.7. The molecule has 0 aromatic heterocycles. The van der Waals surface area contributed by atoms with E-state index in [1.165, 1.54) is 145 Å². The normalized spacial score (nSPS) is 12.1. The molecule has 0 aliphatic rings. The second kappa shape index (κ2) is 21.5. The van der Waals surface area contributed by atoms with Crippen molar-refractivity contribution in [2.24, 2.45) is 0 Å². The van der Waals surface area contributed by atoms with Gasteiger partial charge in [-0.05, 0) is 12.5 Å². The highest BCUT2D eigenvalue weighted by Crippen LogP contribution is 2.32. The van der Waals surface area contributed by atoms with E-state index in [0.717, 1.165) is 0 Å². The lowest BCUT2D eigenvalue weighted by Crippen LogP contribution is -2.32. The van der Waals surface area contributed by atoms with Gasteiger partial charge in [0.1, 0.15) is 0 Å². The fourth-order valence-corrected chi connectivity index (χ4v) is 10.0. The van der Waals surface area contributed by atoms with Crippen LogP contribution < -0.4 is 0 Å². The van der Waals surface area contributed by atoms with Crippen molar-refractivity contribution in [1.29, 1.82) is 0 Å². The van der Waals surface area contributed by atoms with E-state index in [4.69, 9.17) is 0 Å². The summed E-state index contributed by atoms with van der Waals surface area (Å²) in [7, 11) is -1.38. The Morgan fingerprint density at radius 3 is 1.24 bits per heavy atom. The smallest absolute Gasteiger partial charge is 0.0778 e. The van der Waals surface area contributed by atoms with E-state index in [-0.39, 0.29) is 0 Å². The Bertz CT molecular complexity index is 544. The number of benzene rings is 1. The topological polar surface area (TPSA) is 0 Å². The quantitative estimate of drug-likeness (QED) is 0.107.